The molecule has 4 nitrogen and oxygen atoms in total. The van der Waals surface area contributed by atoms with Gasteiger partial charge in [-0.3, -0.25) is 0 Å². The minimum atomic E-state index is 0.572. The van der Waals surface area contributed by atoms with E-state index in [1.807, 2.05) is 18.2 Å². The Morgan fingerprint density at radius 2 is 2.05 bits per heavy atom. The van der Waals surface area contributed by atoms with E-state index in [2.05, 4.69) is 44.3 Å². The van der Waals surface area contributed by atoms with Crippen molar-refractivity contribution in [2.45, 2.75) is 25.7 Å². The van der Waals surface area contributed by atoms with Crippen LogP contribution in [0.1, 0.15) is 30.0 Å². The normalized spacial score (nSPS) is 14.5. The van der Waals surface area contributed by atoms with Crippen LogP contribution < -0.4 is 11.3 Å². The number of anilines is 1. The van der Waals surface area contributed by atoms with Gasteiger partial charge in [-0.25, -0.2) is 15.8 Å². The van der Waals surface area contributed by atoms with Crippen LogP contribution in [-0.2, 0) is 0 Å². The smallest absolute Gasteiger partial charge is 0.161 e. The average Bonchev–Trinajstić information content (AvgIpc) is 3.26. The minimum Gasteiger partial charge on any atom is -0.308 e. The lowest BCUT2D eigenvalue weighted by atomic mass is 10.1. The highest BCUT2D eigenvalue weighted by Gasteiger charge is 2.26. The molecule has 0 aliphatic heterocycles. The van der Waals surface area contributed by atoms with E-state index in [9.17, 15) is 0 Å². The zero-order chi connectivity index (χ0) is 13.4. The van der Waals surface area contributed by atoms with E-state index in [1.165, 1.54) is 18.4 Å². The molecule has 0 saturated heterocycles. The molecule has 1 heterocycles. The third-order valence-electron chi connectivity index (χ3n) is 3.32. The lowest BCUT2D eigenvalue weighted by molar-refractivity contribution is 0.991. The van der Waals surface area contributed by atoms with Crippen molar-refractivity contribution >= 4 is 21.7 Å². The van der Waals surface area contributed by atoms with Gasteiger partial charge in [-0.05, 0) is 31.4 Å². The maximum absolute atomic E-state index is 5.49. The first-order chi connectivity index (χ1) is 9.17. The standard InChI is InChI=1S/C14H15BrN4/c1-8-2-3-10(6-11(8)15)14-17-12(9-4-5-9)7-13(18-14)19-16/h2-3,6-7,9H,4-5,16H2,1H3,(H,17,18,19). The van der Waals surface area contributed by atoms with E-state index in [0.717, 1.165) is 21.6 Å². The van der Waals surface area contributed by atoms with Crippen LogP contribution in [0.25, 0.3) is 11.4 Å². The summed E-state index contributed by atoms with van der Waals surface area (Å²) in [7, 11) is 0. The molecule has 98 valence electrons. The molecule has 2 aromatic rings. The van der Waals surface area contributed by atoms with Crippen LogP contribution in [0, 0.1) is 6.92 Å². The molecule has 0 atom stereocenters. The van der Waals surface area contributed by atoms with Gasteiger partial charge in [0.25, 0.3) is 0 Å². The lowest BCUT2D eigenvalue weighted by Crippen LogP contribution is -2.10. The molecule has 1 aromatic heterocycles. The largest absolute Gasteiger partial charge is 0.308 e. The highest BCUT2D eigenvalue weighted by Crippen LogP contribution is 2.40. The summed E-state index contributed by atoms with van der Waals surface area (Å²) in [5.74, 6) is 7.45. The number of hydrazine groups is 1. The van der Waals surface area contributed by atoms with Crippen molar-refractivity contribution in [3.8, 4) is 11.4 Å². The van der Waals surface area contributed by atoms with Gasteiger partial charge >= 0.3 is 0 Å². The summed E-state index contributed by atoms with van der Waals surface area (Å²) < 4.78 is 1.06. The first-order valence-electron chi connectivity index (χ1n) is 6.29. The fourth-order valence-corrected chi connectivity index (χ4v) is 2.37. The van der Waals surface area contributed by atoms with Crippen LogP contribution >= 0.6 is 15.9 Å². The molecular formula is C14H15BrN4. The predicted molar refractivity (Wildman–Crippen MR) is 79.7 cm³/mol. The summed E-state index contributed by atoms with van der Waals surface area (Å²) in [4.78, 5) is 9.09. The quantitative estimate of drug-likeness (QED) is 0.672. The van der Waals surface area contributed by atoms with Crippen LogP contribution in [0.3, 0.4) is 0 Å². The third kappa shape index (κ3) is 2.62. The summed E-state index contributed by atoms with van der Waals surface area (Å²) in [6.07, 6.45) is 2.41. The molecule has 1 fully saturated rings. The number of aryl methyl sites for hydroxylation is 1. The second kappa shape index (κ2) is 4.90. The molecule has 0 unspecified atom stereocenters. The van der Waals surface area contributed by atoms with E-state index in [0.29, 0.717) is 11.7 Å². The number of benzene rings is 1. The molecule has 1 saturated carbocycles. The Bertz CT molecular complexity index is 623. The van der Waals surface area contributed by atoms with E-state index in [4.69, 9.17) is 5.84 Å². The van der Waals surface area contributed by atoms with Crippen LogP contribution in [0.2, 0.25) is 0 Å². The summed E-state index contributed by atoms with van der Waals surface area (Å²) in [6, 6.07) is 8.07. The van der Waals surface area contributed by atoms with E-state index >= 15 is 0 Å². The Hall–Kier alpha value is -1.46. The van der Waals surface area contributed by atoms with Gasteiger partial charge in [0.2, 0.25) is 0 Å². The van der Waals surface area contributed by atoms with E-state index in [-0.39, 0.29) is 0 Å². The lowest BCUT2D eigenvalue weighted by Gasteiger charge is -2.08. The van der Waals surface area contributed by atoms with Gasteiger partial charge in [-0.2, -0.15) is 0 Å². The van der Waals surface area contributed by atoms with Crippen molar-refractivity contribution in [2.75, 3.05) is 5.43 Å². The number of aromatic nitrogens is 2. The van der Waals surface area contributed by atoms with Crippen LogP contribution in [0.15, 0.2) is 28.7 Å². The highest BCUT2D eigenvalue weighted by atomic mass is 79.9. The van der Waals surface area contributed by atoms with Crippen LogP contribution in [0.5, 0.6) is 0 Å². The van der Waals surface area contributed by atoms with Gasteiger partial charge in [0.15, 0.2) is 5.82 Å². The maximum atomic E-state index is 5.49. The van der Waals surface area contributed by atoms with Crippen molar-refractivity contribution in [1.29, 1.82) is 0 Å². The number of rotatable bonds is 3. The summed E-state index contributed by atoms with van der Waals surface area (Å²) in [5, 5.41) is 0. The van der Waals surface area contributed by atoms with Crippen molar-refractivity contribution in [3.05, 3.63) is 40.0 Å². The molecule has 0 amide bonds. The summed E-state index contributed by atoms with van der Waals surface area (Å²) in [5.41, 5.74) is 5.89. The monoisotopic (exact) mass is 318 g/mol. The molecule has 5 heteroatoms. The number of hydrogen-bond donors (Lipinski definition) is 2. The molecule has 19 heavy (non-hydrogen) atoms. The first-order valence-corrected chi connectivity index (χ1v) is 7.09. The molecule has 0 spiro atoms. The van der Waals surface area contributed by atoms with Gasteiger partial charge in [0, 0.05) is 27.7 Å². The summed E-state index contributed by atoms with van der Waals surface area (Å²) in [6.45, 7) is 2.06. The summed E-state index contributed by atoms with van der Waals surface area (Å²) >= 11 is 3.54. The second-order valence-corrected chi connectivity index (χ2v) is 5.74. The number of hydrogen-bond acceptors (Lipinski definition) is 4. The van der Waals surface area contributed by atoms with Gasteiger partial charge < -0.3 is 5.43 Å². The van der Waals surface area contributed by atoms with Gasteiger partial charge in [-0.15, -0.1) is 0 Å². The Morgan fingerprint density at radius 1 is 1.26 bits per heavy atom. The predicted octanol–water partition coefficient (Wildman–Crippen LogP) is 3.38. The Labute approximate surface area is 120 Å². The molecular weight excluding hydrogens is 304 g/mol. The maximum Gasteiger partial charge on any atom is 0.161 e. The van der Waals surface area contributed by atoms with Gasteiger partial charge in [0.05, 0.1) is 0 Å². The van der Waals surface area contributed by atoms with Crippen LogP contribution in [0.4, 0.5) is 5.82 Å². The molecule has 0 bridgehead atoms. The second-order valence-electron chi connectivity index (χ2n) is 4.88. The van der Waals surface area contributed by atoms with Crippen molar-refractivity contribution < 1.29 is 0 Å². The fraction of sp³-hybridized carbons (Fsp3) is 0.286. The fourth-order valence-electron chi connectivity index (χ4n) is 1.99. The molecule has 1 aromatic carbocycles. The highest BCUT2D eigenvalue weighted by molar-refractivity contribution is 9.10. The number of nitrogens with zero attached hydrogens (tertiary/aromatic N) is 2. The zero-order valence-corrected chi connectivity index (χ0v) is 12.2. The Morgan fingerprint density at radius 3 is 2.68 bits per heavy atom. The molecule has 1 aliphatic carbocycles. The number of nitrogens with one attached hydrogen (secondary N) is 1. The van der Waals surface area contributed by atoms with Gasteiger partial charge in [-0.1, -0.05) is 28.1 Å². The van der Waals surface area contributed by atoms with Crippen molar-refractivity contribution in [3.63, 3.8) is 0 Å². The molecule has 1 aliphatic rings. The number of nitrogen functional groups attached to an aromatic ring is 1. The molecule has 3 rings (SSSR count). The number of nitrogens with two attached hydrogens (primary N) is 1. The topological polar surface area (TPSA) is 63.8 Å². The van der Waals surface area contributed by atoms with Crippen molar-refractivity contribution in [2.24, 2.45) is 5.84 Å². The van der Waals surface area contributed by atoms with E-state index in [1.54, 1.807) is 0 Å². The number of halogens is 1. The molecule has 3 N–H and O–H groups in total. The SMILES string of the molecule is Cc1ccc(-c2nc(NN)cc(C3CC3)n2)cc1Br. The van der Waals surface area contributed by atoms with Crippen molar-refractivity contribution in [1.82, 2.24) is 9.97 Å². The van der Waals surface area contributed by atoms with Crippen LogP contribution in [-0.4, -0.2) is 9.97 Å². The third-order valence-corrected chi connectivity index (χ3v) is 4.17. The average molecular weight is 319 g/mol. The minimum absolute atomic E-state index is 0.572. The zero-order valence-electron chi connectivity index (χ0n) is 10.7. The van der Waals surface area contributed by atoms with Gasteiger partial charge in [0.1, 0.15) is 5.82 Å². The molecule has 0 radical (unpaired) electrons. The van der Waals surface area contributed by atoms with E-state index < -0.39 is 0 Å². The Kier molecular flexibility index (Phi) is 3.24. The Balaban J connectivity index is 2.07. The first kappa shape index (κ1) is 12.6.